The normalized spacial score (nSPS) is 12.8. The quantitative estimate of drug-likeness (QED) is 0.763. The molecule has 0 spiro atoms. The van der Waals surface area contributed by atoms with Crippen molar-refractivity contribution < 1.29 is 19.2 Å². The number of hydrogen-bond donors (Lipinski definition) is 3. The van der Waals surface area contributed by atoms with Gasteiger partial charge in [0.25, 0.3) is 0 Å². The molecule has 1 aromatic rings. The predicted octanol–water partition coefficient (Wildman–Crippen LogP) is 1.76. The molecule has 0 fully saturated rings. The largest absolute Gasteiger partial charge is 0.481 e. The smallest absolute Gasteiger partial charge is 0.315 e. The molecule has 0 aliphatic carbocycles. The number of aromatic nitrogens is 1. The van der Waals surface area contributed by atoms with Crippen LogP contribution in [0.4, 0.5) is 4.79 Å². The summed E-state index contributed by atoms with van der Waals surface area (Å²) in [6, 6.07) is -0.694. The summed E-state index contributed by atoms with van der Waals surface area (Å²) in [5.74, 6) is -0.308. The lowest BCUT2D eigenvalue weighted by atomic mass is 9.94. The number of urea groups is 1. The zero-order chi connectivity index (χ0) is 15.5. The second-order valence-electron chi connectivity index (χ2n) is 5.48. The van der Waals surface area contributed by atoms with E-state index in [9.17, 15) is 9.59 Å². The number of hydrogen-bond acceptors (Lipinski definition) is 4. The van der Waals surface area contributed by atoms with Gasteiger partial charge < -0.3 is 20.3 Å². The molecule has 0 aliphatic rings. The zero-order valence-corrected chi connectivity index (χ0v) is 12.4. The highest BCUT2D eigenvalue weighted by molar-refractivity contribution is 5.77. The molecule has 3 N–H and O–H groups in total. The Kier molecular flexibility index (Phi) is 4.75. The molecule has 0 aliphatic heterocycles. The van der Waals surface area contributed by atoms with E-state index in [1.54, 1.807) is 27.7 Å². The molecule has 0 saturated carbocycles. The lowest BCUT2D eigenvalue weighted by Gasteiger charge is -2.21. The Hall–Kier alpha value is -2.05. The van der Waals surface area contributed by atoms with Crippen LogP contribution in [-0.2, 0) is 4.79 Å². The highest BCUT2D eigenvalue weighted by Gasteiger charge is 2.28. The number of carbonyl (C=O) groups excluding carboxylic acids is 1. The minimum atomic E-state index is -1.01. The molecule has 1 aromatic heterocycles. The van der Waals surface area contributed by atoms with E-state index in [2.05, 4.69) is 15.8 Å². The Morgan fingerprint density at radius 2 is 2.00 bits per heavy atom. The summed E-state index contributed by atoms with van der Waals surface area (Å²) >= 11 is 0. The van der Waals surface area contributed by atoms with Crippen LogP contribution in [0.2, 0.25) is 0 Å². The fraction of sp³-hybridized carbons (Fsp3) is 0.615. The summed E-state index contributed by atoms with van der Waals surface area (Å²) in [6.07, 6.45) is 0. The van der Waals surface area contributed by atoms with Gasteiger partial charge in [-0.3, -0.25) is 4.79 Å². The van der Waals surface area contributed by atoms with E-state index >= 15 is 0 Å². The van der Waals surface area contributed by atoms with Crippen molar-refractivity contribution in [1.82, 2.24) is 15.8 Å². The third kappa shape index (κ3) is 3.72. The molecule has 0 saturated heterocycles. The summed E-state index contributed by atoms with van der Waals surface area (Å²) < 4.78 is 5.04. The number of carboxylic acid groups (broad SMARTS) is 1. The molecule has 0 aromatic carbocycles. The lowest BCUT2D eigenvalue weighted by molar-refractivity contribution is -0.146. The SMILES string of the molecule is Cc1noc(C)c1C(C)NC(=O)NCC(C)(C)C(=O)O. The second kappa shape index (κ2) is 5.94. The molecule has 20 heavy (non-hydrogen) atoms. The third-order valence-corrected chi connectivity index (χ3v) is 3.14. The summed E-state index contributed by atoms with van der Waals surface area (Å²) in [7, 11) is 0. The van der Waals surface area contributed by atoms with Gasteiger partial charge in [-0.1, -0.05) is 5.16 Å². The van der Waals surface area contributed by atoms with Crippen molar-refractivity contribution in [3.05, 3.63) is 17.0 Å². The monoisotopic (exact) mass is 283 g/mol. The van der Waals surface area contributed by atoms with Crippen LogP contribution in [-0.4, -0.2) is 28.8 Å². The number of nitrogens with one attached hydrogen (secondary N) is 2. The fourth-order valence-electron chi connectivity index (χ4n) is 1.80. The zero-order valence-electron chi connectivity index (χ0n) is 12.4. The molecule has 0 radical (unpaired) electrons. The van der Waals surface area contributed by atoms with Crippen molar-refractivity contribution in [2.75, 3.05) is 6.54 Å². The number of rotatable bonds is 5. The first kappa shape index (κ1) is 16.0. The van der Waals surface area contributed by atoms with Crippen molar-refractivity contribution in [1.29, 1.82) is 0 Å². The van der Waals surface area contributed by atoms with Crippen LogP contribution in [0.25, 0.3) is 0 Å². The molecule has 2 amide bonds. The van der Waals surface area contributed by atoms with Crippen LogP contribution >= 0.6 is 0 Å². The molecule has 7 nitrogen and oxygen atoms in total. The summed E-state index contributed by atoms with van der Waals surface area (Å²) in [5, 5.41) is 18.1. The van der Waals surface area contributed by atoms with Gasteiger partial charge in [-0.05, 0) is 34.6 Å². The molecule has 1 atom stereocenters. The Bertz CT molecular complexity index is 488. The Morgan fingerprint density at radius 3 is 2.45 bits per heavy atom. The van der Waals surface area contributed by atoms with Gasteiger partial charge in [0.05, 0.1) is 17.2 Å². The van der Waals surface area contributed by atoms with Gasteiger partial charge in [-0.2, -0.15) is 0 Å². The highest BCUT2D eigenvalue weighted by atomic mass is 16.5. The van der Waals surface area contributed by atoms with E-state index in [0.29, 0.717) is 5.76 Å². The third-order valence-electron chi connectivity index (χ3n) is 3.14. The van der Waals surface area contributed by atoms with Crippen molar-refractivity contribution >= 4 is 12.0 Å². The van der Waals surface area contributed by atoms with Crippen LogP contribution < -0.4 is 10.6 Å². The number of aryl methyl sites for hydroxylation is 2. The van der Waals surface area contributed by atoms with Crippen molar-refractivity contribution in [3.63, 3.8) is 0 Å². The first-order valence-electron chi connectivity index (χ1n) is 6.35. The molecule has 1 rings (SSSR count). The van der Waals surface area contributed by atoms with Gasteiger partial charge in [-0.15, -0.1) is 0 Å². The standard InChI is InChI=1S/C13H21N3O4/c1-7(10-8(2)16-20-9(10)3)15-12(19)14-6-13(4,5)11(17)18/h7H,6H2,1-5H3,(H,17,18)(H2,14,15,19). The fourth-order valence-corrected chi connectivity index (χ4v) is 1.80. The number of aliphatic carboxylic acids is 1. The average Bonchev–Trinajstić information content (AvgIpc) is 2.66. The van der Waals surface area contributed by atoms with Crippen LogP contribution in [0.1, 0.15) is 43.8 Å². The topological polar surface area (TPSA) is 104 Å². The number of carboxylic acids is 1. The maximum absolute atomic E-state index is 11.8. The van der Waals surface area contributed by atoms with Gasteiger partial charge in [0, 0.05) is 12.1 Å². The number of carbonyl (C=O) groups is 2. The van der Waals surface area contributed by atoms with Crippen LogP contribution in [0.5, 0.6) is 0 Å². The van der Waals surface area contributed by atoms with Crippen molar-refractivity contribution in [2.45, 2.75) is 40.7 Å². The van der Waals surface area contributed by atoms with Gasteiger partial charge in [0.2, 0.25) is 0 Å². The minimum Gasteiger partial charge on any atom is -0.481 e. The highest BCUT2D eigenvalue weighted by Crippen LogP contribution is 2.20. The second-order valence-corrected chi connectivity index (χ2v) is 5.48. The number of amides is 2. The van der Waals surface area contributed by atoms with Crippen LogP contribution in [0, 0.1) is 19.3 Å². The van der Waals surface area contributed by atoms with Crippen LogP contribution in [0.15, 0.2) is 4.52 Å². The molecule has 7 heteroatoms. The van der Waals surface area contributed by atoms with Gasteiger partial charge in [0.15, 0.2) is 0 Å². The van der Waals surface area contributed by atoms with Gasteiger partial charge >= 0.3 is 12.0 Å². The van der Waals surface area contributed by atoms with E-state index < -0.39 is 17.4 Å². The Balaban J connectivity index is 2.57. The van der Waals surface area contributed by atoms with E-state index in [0.717, 1.165) is 11.3 Å². The summed E-state index contributed by atoms with van der Waals surface area (Å²) in [6.45, 7) is 8.53. The van der Waals surface area contributed by atoms with E-state index in [4.69, 9.17) is 9.63 Å². The van der Waals surface area contributed by atoms with Gasteiger partial charge in [0.1, 0.15) is 5.76 Å². The first-order valence-corrected chi connectivity index (χ1v) is 6.35. The molecular weight excluding hydrogens is 262 g/mol. The van der Waals surface area contributed by atoms with Gasteiger partial charge in [-0.25, -0.2) is 4.79 Å². The van der Waals surface area contributed by atoms with E-state index in [-0.39, 0.29) is 12.6 Å². The van der Waals surface area contributed by atoms with E-state index in [1.165, 1.54) is 0 Å². The minimum absolute atomic E-state index is 0.0441. The van der Waals surface area contributed by atoms with Crippen LogP contribution in [0.3, 0.4) is 0 Å². The van der Waals surface area contributed by atoms with E-state index in [1.807, 2.05) is 6.92 Å². The summed E-state index contributed by atoms with van der Waals surface area (Å²) in [4.78, 5) is 22.7. The maximum Gasteiger partial charge on any atom is 0.315 e. The molecule has 1 heterocycles. The Morgan fingerprint density at radius 1 is 1.40 bits per heavy atom. The predicted molar refractivity (Wildman–Crippen MR) is 72.3 cm³/mol. The molecule has 1 unspecified atom stereocenters. The maximum atomic E-state index is 11.8. The van der Waals surface area contributed by atoms with Crippen molar-refractivity contribution in [2.24, 2.45) is 5.41 Å². The average molecular weight is 283 g/mol. The summed E-state index contributed by atoms with van der Waals surface area (Å²) in [5.41, 5.74) is 0.544. The number of nitrogens with zero attached hydrogens (tertiary/aromatic N) is 1. The molecule has 0 bridgehead atoms. The molecule has 112 valence electrons. The lowest BCUT2D eigenvalue weighted by Crippen LogP contribution is -2.44. The molecular formula is C13H21N3O4. The first-order chi connectivity index (χ1) is 9.15. The van der Waals surface area contributed by atoms with Crippen molar-refractivity contribution in [3.8, 4) is 0 Å². The Labute approximate surface area is 117 Å².